The van der Waals surface area contributed by atoms with Crippen LogP contribution < -0.4 is 10.6 Å². The Morgan fingerprint density at radius 3 is 2.30 bits per heavy atom. The highest BCUT2D eigenvalue weighted by atomic mass is 16.7. The minimum absolute atomic E-state index is 0.00429. The lowest BCUT2D eigenvalue weighted by Crippen LogP contribution is -2.63. The lowest BCUT2D eigenvalue weighted by atomic mass is 10.0. The second-order valence-electron chi connectivity index (χ2n) is 10.5. The number of benzene rings is 2. The smallest absolute Gasteiger partial charge is 0.310 e. The summed E-state index contributed by atoms with van der Waals surface area (Å²) in [4.78, 5) is 52.1. The minimum Gasteiger partial charge on any atom is -0.433 e. The Hall–Kier alpha value is -3.76. The fraction of sp³-hybridized carbons (Fsp3) is 0.467. The van der Waals surface area contributed by atoms with Crippen molar-refractivity contribution < 1.29 is 28.7 Å². The van der Waals surface area contributed by atoms with E-state index in [9.17, 15) is 19.2 Å². The number of carbonyl (C=O) groups excluding carboxylic acids is 4. The molecule has 10 nitrogen and oxygen atoms in total. The molecule has 5 rings (SSSR count). The van der Waals surface area contributed by atoms with Crippen LogP contribution in [-0.2, 0) is 41.7 Å². The van der Waals surface area contributed by atoms with Gasteiger partial charge in [-0.2, -0.15) is 0 Å². The maximum Gasteiger partial charge on any atom is 0.310 e. The Morgan fingerprint density at radius 2 is 1.57 bits per heavy atom. The summed E-state index contributed by atoms with van der Waals surface area (Å²) in [5.74, 6) is -1.27. The summed E-state index contributed by atoms with van der Waals surface area (Å²) in [6.07, 6.45) is 2.43. The molecule has 2 aromatic carbocycles. The van der Waals surface area contributed by atoms with E-state index in [1.807, 2.05) is 65.7 Å². The predicted octanol–water partition coefficient (Wildman–Crippen LogP) is 2.08. The topological polar surface area (TPSA) is 117 Å². The van der Waals surface area contributed by atoms with Crippen LogP contribution in [0.5, 0.6) is 0 Å². The van der Waals surface area contributed by atoms with Crippen LogP contribution >= 0.6 is 0 Å². The number of nitrogens with zero attached hydrogens (tertiary/aromatic N) is 2. The van der Waals surface area contributed by atoms with Gasteiger partial charge in [-0.25, -0.2) is 5.01 Å². The van der Waals surface area contributed by atoms with Crippen molar-refractivity contribution in [2.24, 2.45) is 0 Å². The van der Waals surface area contributed by atoms with E-state index in [0.29, 0.717) is 32.4 Å². The minimum atomic E-state index is -0.909. The first kappa shape index (κ1) is 27.8. The van der Waals surface area contributed by atoms with E-state index in [-0.39, 0.29) is 37.2 Å². The molecule has 212 valence electrons. The van der Waals surface area contributed by atoms with Gasteiger partial charge >= 0.3 is 5.97 Å². The van der Waals surface area contributed by atoms with Gasteiger partial charge in [0.15, 0.2) is 0 Å². The third kappa shape index (κ3) is 6.86. The predicted molar refractivity (Wildman–Crippen MR) is 145 cm³/mol. The fourth-order valence-corrected chi connectivity index (χ4v) is 5.55. The second kappa shape index (κ2) is 13.1. The number of esters is 1. The SMILES string of the molecule is O=C(CCc1ccccc1)N[C@H]1CCCN2CCC[C@@H](C(=O)NC3CC(=O)OC3OCc3ccccc3)N2C1=O. The van der Waals surface area contributed by atoms with E-state index in [1.54, 1.807) is 0 Å². The lowest BCUT2D eigenvalue weighted by Gasteiger charge is -2.43. The monoisotopic (exact) mass is 548 g/mol. The fourth-order valence-electron chi connectivity index (χ4n) is 5.55. The first-order valence-electron chi connectivity index (χ1n) is 14.0. The molecule has 0 spiro atoms. The van der Waals surface area contributed by atoms with Gasteiger partial charge in [0.2, 0.25) is 18.1 Å². The number of cyclic esters (lactones) is 1. The summed E-state index contributed by atoms with van der Waals surface area (Å²) in [7, 11) is 0. The van der Waals surface area contributed by atoms with E-state index < -0.39 is 30.4 Å². The Bertz CT molecular complexity index is 1190. The molecule has 10 heteroatoms. The van der Waals surface area contributed by atoms with Gasteiger partial charge in [-0.1, -0.05) is 60.7 Å². The van der Waals surface area contributed by atoms with E-state index in [0.717, 1.165) is 24.0 Å². The Kier molecular flexibility index (Phi) is 9.08. The number of hydrogen-bond donors (Lipinski definition) is 2. The molecule has 2 unspecified atom stereocenters. The van der Waals surface area contributed by atoms with Gasteiger partial charge in [-0.05, 0) is 43.2 Å². The zero-order valence-corrected chi connectivity index (χ0v) is 22.5. The number of aryl methyl sites for hydroxylation is 1. The molecule has 40 heavy (non-hydrogen) atoms. The van der Waals surface area contributed by atoms with Crippen molar-refractivity contribution in [2.45, 2.75) is 76.0 Å². The third-order valence-corrected chi connectivity index (χ3v) is 7.60. The molecule has 3 aliphatic rings. The molecular formula is C30H36N4O6. The molecule has 3 saturated heterocycles. The molecule has 2 aromatic rings. The summed E-state index contributed by atoms with van der Waals surface area (Å²) in [6, 6.07) is 17.1. The Labute approximate surface area is 234 Å². The number of hydrazine groups is 1. The molecule has 0 radical (unpaired) electrons. The summed E-state index contributed by atoms with van der Waals surface area (Å²) < 4.78 is 11.2. The molecule has 3 aliphatic heterocycles. The van der Waals surface area contributed by atoms with Gasteiger partial charge in [-0.15, -0.1) is 0 Å². The third-order valence-electron chi connectivity index (χ3n) is 7.60. The highest BCUT2D eigenvalue weighted by Gasteiger charge is 2.44. The number of rotatable bonds is 9. The molecular weight excluding hydrogens is 512 g/mol. The molecule has 3 amide bonds. The first-order chi connectivity index (χ1) is 19.5. The molecule has 0 saturated carbocycles. The number of fused-ring (bicyclic) bond motifs is 1. The van der Waals surface area contributed by atoms with Gasteiger partial charge in [0, 0.05) is 19.5 Å². The lowest BCUT2D eigenvalue weighted by molar-refractivity contribution is -0.172. The van der Waals surface area contributed by atoms with Crippen LogP contribution in [0, 0.1) is 0 Å². The first-order valence-corrected chi connectivity index (χ1v) is 14.0. The number of ether oxygens (including phenoxy) is 2. The average Bonchev–Trinajstić information content (AvgIpc) is 3.24. The van der Waals surface area contributed by atoms with Gasteiger partial charge in [-0.3, -0.25) is 24.2 Å². The zero-order chi connectivity index (χ0) is 27.9. The second-order valence-corrected chi connectivity index (χ2v) is 10.5. The summed E-state index contributed by atoms with van der Waals surface area (Å²) in [5.41, 5.74) is 1.98. The van der Waals surface area contributed by atoms with Crippen LogP contribution in [-0.4, -0.2) is 71.2 Å². The number of hydrogen-bond acceptors (Lipinski definition) is 7. The Balaban J connectivity index is 1.21. The molecule has 0 bridgehead atoms. The summed E-state index contributed by atoms with van der Waals surface area (Å²) >= 11 is 0. The number of nitrogens with one attached hydrogen (secondary N) is 2. The summed E-state index contributed by atoms with van der Waals surface area (Å²) in [6.45, 7) is 1.52. The Morgan fingerprint density at radius 1 is 0.900 bits per heavy atom. The number of amides is 3. The van der Waals surface area contributed by atoms with Crippen molar-refractivity contribution in [3.63, 3.8) is 0 Å². The van der Waals surface area contributed by atoms with Crippen molar-refractivity contribution >= 4 is 23.7 Å². The van der Waals surface area contributed by atoms with E-state index in [2.05, 4.69) is 10.6 Å². The van der Waals surface area contributed by atoms with Crippen LogP contribution in [0.2, 0.25) is 0 Å². The molecule has 0 aromatic heterocycles. The number of carbonyl (C=O) groups is 4. The van der Waals surface area contributed by atoms with Crippen molar-refractivity contribution in [3.8, 4) is 0 Å². The molecule has 3 heterocycles. The van der Waals surface area contributed by atoms with E-state index >= 15 is 0 Å². The van der Waals surface area contributed by atoms with Gasteiger partial charge in [0.25, 0.3) is 5.91 Å². The normalized spacial score (nSPS) is 25.1. The van der Waals surface area contributed by atoms with Gasteiger partial charge in [0.05, 0.1) is 13.0 Å². The van der Waals surface area contributed by atoms with Crippen molar-refractivity contribution in [3.05, 3.63) is 71.8 Å². The standard InChI is InChI=1S/C30H36N4O6/c35-26(16-15-21-9-3-1-4-10-21)31-23-13-7-17-33-18-8-14-25(34(33)29(23)38)28(37)32-24-19-27(36)40-30(24)39-20-22-11-5-2-6-12-22/h1-6,9-12,23-25,30H,7-8,13-20H2,(H,31,35)(H,32,37)/t23-,24?,25-,30?/m0/s1. The van der Waals surface area contributed by atoms with Crippen molar-refractivity contribution in [1.82, 2.24) is 20.7 Å². The highest BCUT2D eigenvalue weighted by molar-refractivity contribution is 5.92. The van der Waals surface area contributed by atoms with Crippen LogP contribution in [0.15, 0.2) is 60.7 Å². The van der Waals surface area contributed by atoms with E-state index in [1.165, 1.54) is 5.01 Å². The van der Waals surface area contributed by atoms with Crippen LogP contribution in [0.3, 0.4) is 0 Å². The molecule has 0 aliphatic carbocycles. The van der Waals surface area contributed by atoms with Crippen LogP contribution in [0.25, 0.3) is 0 Å². The molecule has 3 fully saturated rings. The van der Waals surface area contributed by atoms with Crippen molar-refractivity contribution in [2.75, 3.05) is 13.1 Å². The van der Waals surface area contributed by atoms with Crippen LogP contribution in [0.1, 0.15) is 49.7 Å². The van der Waals surface area contributed by atoms with Gasteiger partial charge in [0.1, 0.15) is 18.1 Å². The summed E-state index contributed by atoms with van der Waals surface area (Å²) in [5, 5.41) is 9.29. The highest BCUT2D eigenvalue weighted by Crippen LogP contribution is 2.25. The maximum atomic E-state index is 13.7. The van der Waals surface area contributed by atoms with Gasteiger partial charge < -0.3 is 20.1 Å². The molecule has 2 N–H and O–H groups in total. The van der Waals surface area contributed by atoms with Crippen LogP contribution in [0.4, 0.5) is 0 Å². The van der Waals surface area contributed by atoms with Crippen molar-refractivity contribution in [1.29, 1.82) is 0 Å². The quantitative estimate of drug-likeness (QED) is 0.461. The largest absolute Gasteiger partial charge is 0.433 e. The molecule has 4 atom stereocenters. The average molecular weight is 549 g/mol. The van der Waals surface area contributed by atoms with E-state index in [4.69, 9.17) is 9.47 Å². The zero-order valence-electron chi connectivity index (χ0n) is 22.5. The maximum absolute atomic E-state index is 13.7.